The number of anilines is 1. The van der Waals surface area contributed by atoms with Crippen molar-refractivity contribution in [1.29, 1.82) is 0 Å². The van der Waals surface area contributed by atoms with Crippen LogP contribution in [0.25, 0.3) is 28.5 Å². The molecule has 0 spiro atoms. The number of nitrogens with one attached hydrogen (secondary N) is 2. The first-order valence-electron chi connectivity index (χ1n) is 13.9. The zero-order chi connectivity index (χ0) is 30.9. The van der Waals surface area contributed by atoms with Gasteiger partial charge in [-0.1, -0.05) is 20.8 Å². The van der Waals surface area contributed by atoms with Gasteiger partial charge in [0.2, 0.25) is 11.8 Å². The molecule has 1 atom stereocenters. The molecule has 0 unspecified atom stereocenters. The molecular weight excluding hydrogens is 570 g/mol. The summed E-state index contributed by atoms with van der Waals surface area (Å²) < 4.78 is 1.46. The number of amides is 2. The van der Waals surface area contributed by atoms with Crippen molar-refractivity contribution in [3.8, 4) is 10.7 Å². The summed E-state index contributed by atoms with van der Waals surface area (Å²) in [5.74, 6) is -0.00958. The molecule has 14 nitrogen and oxygen atoms in total. The van der Waals surface area contributed by atoms with Crippen molar-refractivity contribution in [2.75, 3.05) is 38.6 Å². The first-order chi connectivity index (χ1) is 20.4. The minimum absolute atomic E-state index is 0.0746. The quantitative estimate of drug-likeness (QED) is 0.267. The lowest BCUT2D eigenvalue weighted by molar-refractivity contribution is -0.122. The Hall–Kier alpha value is -4.50. The number of pyridine rings is 1. The zero-order valence-electron chi connectivity index (χ0n) is 24.8. The standard InChI is InChI=1S/C28H35N11O3S/c1-28(2,3)20-15-43-26(31-20)19-11-16(24(29)41)12-22-32-25(18(27(42)39(19)22)8-9-21-33-35-36-34-21)38-10-6-7-17(13-38)30-23(40)14-37(4)5/h8-9,11-12,15,17H,6-7,10,13-14H2,1-5H3,(H2,29,41)(H,30,40)(H,33,34,35,36)/t17-/m0/s1. The lowest BCUT2D eigenvalue weighted by atomic mass is 9.93. The molecule has 15 heteroatoms. The monoisotopic (exact) mass is 605 g/mol. The molecule has 4 N–H and O–H groups in total. The fourth-order valence-electron chi connectivity index (χ4n) is 4.93. The highest BCUT2D eigenvalue weighted by atomic mass is 32.1. The molecule has 5 rings (SSSR count). The molecule has 1 aliphatic heterocycles. The number of piperidine rings is 1. The molecule has 43 heavy (non-hydrogen) atoms. The smallest absolute Gasteiger partial charge is 0.267 e. The number of rotatable bonds is 8. The van der Waals surface area contributed by atoms with Gasteiger partial charge in [0.25, 0.3) is 5.56 Å². The second-order valence-corrected chi connectivity index (χ2v) is 12.7. The van der Waals surface area contributed by atoms with Crippen LogP contribution in [0, 0.1) is 0 Å². The van der Waals surface area contributed by atoms with E-state index in [0.29, 0.717) is 41.0 Å². The number of nitrogens with two attached hydrogens (primary N) is 1. The number of likely N-dealkylation sites (N-methyl/N-ethyl adjacent to an activating group) is 1. The number of H-pyrrole nitrogens is 1. The van der Waals surface area contributed by atoms with Gasteiger partial charge in [0, 0.05) is 35.5 Å². The van der Waals surface area contributed by atoms with Gasteiger partial charge in [0.05, 0.1) is 23.5 Å². The van der Waals surface area contributed by atoms with Gasteiger partial charge in [-0.3, -0.25) is 18.8 Å². The van der Waals surface area contributed by atoms with Gasteiger partial charge in [-0.25, -0.2) is 9.97 Å². The van der Waals surface area contributed by atoms with Crippen LogP contribution >= 0.6 is 11.3 Å². The van der Waals surface area contributed by atoms with Crippen LogP contribution in [0.2, 0.25) is 0 Å². The Morgan fingerprint density at radius 2 is 2.02 bits per heavy atom. The third-order valence-corrected chi connectivity index (χ3v) is 7.89. The third kappa shape index (κ3) is 6.62. The van der Waals surface area contributed by atoms with Crippen LogP contribution in [0.5, 0.6) is 0 Å². The number of aromatic amines is 1. The second-order valence-electron chi connectivity index (χ2n) is 11.8. The summed E-state index contributed by atoms with van der Waals surface area (Å²) >= 11 is 1.38. The zero-order valence-corrected chi connectivity index (χ0v) is 25.6. The third-order valence-electron chi connectivity index (χ3n) is 7.02. The fourth-order valence-corrected chi connectivity index (χ4v) is 5.98. The normalized spacial score (nSPS) is 16.0. The van der Waals surface area contributed by atoms with E-state index >= 15 is 0 Å². The Bertz CT molecular complexity index is 1730. The molecule has 0 aliphatic carbocycles. The lowest BCUT2D eigenvalue weighted by Gasteiger charge is -2.35. The molecule has 1 saturated heterocycles. The van der Waals surface area contributed by atoms with E-state index in [9.17, 15) is 14.4 Å². The van der Waals surface area contributed by atoms with E-state index in [1.165, 1.54) is 21.8 Å². The van der Waals surface area contributed by atoms with Crippen molar-refractivity contribution in [2.24, 2.45) is 5.73 Å². The summed E-state index contributed by atoms with van der Waals surface area (Å²) in [5, 5.41) is 19.5. The number of primary amides is 1. The Labute approximate surface area is 252 Å². The molecular formula is C28H35N11O3S. The number of fused-ring (bicyclic) bond motifs is 1. The van der Waals surface area contributed by atoms with Gasteiger partial charge in [-0.2, -0.15) is 5.21 Å². The maximum atomic E-state index is 14.4. The van der Waals surface area contributed by atoms with Crippen LogP contribution in [0.3, 0.4) is 0 Å². The van der Waals surface area contributed by atoms with Crippen molar-refractivity contribution in [1.82, 2.24) is 45.2 Å². The molecule has 0 saturated carbocycles. The van der Waals surface area contributed by atoms with E-state index in [1.807, 2.05) is 29.3 Å². The number of hydrogen-bond acceptors (Lipinski definition) is 11. The molecule has 4 aromatic rings. The Balaban J connectivity index is 1.67. The van der Waals surface area contributed by atoms with Crippen LogP contribution < -0.4 is 21.5 Å². The van der Waals surface area contributed by atoms with Crippen molar-refractivity contribution < 1.29 is 9.59 Å². The average Bonchev–Trinajstić information content (AvgIpc) is 3.64. The fraction of sp³-hybridized carbons (Fsp3) is 0.429. The van der Waals surface area contributed by atoms with E-state index in [1.54, 1.807) is 18.2 Å². The first kappa shape index (κ1) is 30.0. The number of tetrazole rings is 1. The number of carbonyl (C=O) groups excluding carboxylic acids is 2. The van der Waals surface area contributed by atoms with E-state index < -0.39 is 5.91 Å². The van der Waals surface area contributed by atoms with Crippen LogP contribution in [0.1, 0.15) is 61.1 Å². The minimum atomic E-state index is -0.644. The van der Waals surface area contributed by atoms with Gasteiger partial charge < -0.3 is 20.9 Å². The molecule has 0 aromatic carbocycles. The molecule has 1 fully saturated rings. The highest BCUT2D eigenvalue weighted by Crippen LogP contribution is 2.31. The SMILES string of the molecule is CN(C)CC(=O)N[C@H]1CCCN(c2nc3cc(C(N)=O)cc(-c4nc(C(C)(C)C)cs4)n3c(=O)c2C=Cc2nn[nH]n2)C1. The van der Waals surface area contributed by atoms with Crippen molar-refractivity contribution in [3.63, 3.8) is 0 Å². The number of thiazole rings is 1. The Morgan fingerprint density at radius 3 is 2.67 bits per heavy atom. The van der Waals surface area contributed by atoms with Gasteiger partial charge >= 0.3 is 0 Å². The summed E-state index contributed by atoms with van der Waals surface area (Å²) in [6.07, 6.45) is 4.77. The molecule has 0 bridgehead atoms. The highest BCUT2D eigenvalue weighted by Gasteiger charge is 2.27. The summed E-state index contributed by atoms with van der Waals surface area (Å²) in [6, 6.07) is 2.96. The number of nitrogens with zero attached hydrogens (tertiary/aromatic N) is 8. The largest absolute Gasteiger partial charge is 0.366 e. The highest BCUT2D eigenvalue weighted by molar-refractivity contribution is 7.13. The number of carbonyl (C=O) groups is 2. The predicted molar refractivity (Wildman–Crippen MR) is 165 cm³/mol. The number of aromatic nitrogens is 7. The minimum Gasteiger partial charge on any atom is -0.366 e. The summed E-state index contributed by atoms with van der Waals surface area (Å²) in [5.41, 5.74) is 7.17. The number of hydrogen-bond donors (Lipinski definition) is 3. The van der Waals surface area contributed by atoms with E-state index in [2.05, 4.69) is 46.7 Å². The molecule has 1 aliphatic rings. The van der Waals surface area contributed by atoms with Gasteiger partial charge in [0.15, 0.2) is 5.82 Å². The second kappa shape index (κ2) is 12.0. The maximum absolute atomic E-state index is 14.4. The van der Waals surface area contributed by atoms with Crippen LogP contribution in [-0.4, -0.2) is 91.5 Å². The van der Waals surface area contributed by atoms with Crippen molar-refractivity contribution in [2.45, 2.75) is 45.1 Å². The topological polar surface area (TPSA) is 180 Å². The summed E-state index contributed by atoms with van der Waals surface area (Å²) in [4.78, 5) is 52.8. The lowest BCUT2D eigenvalue weighted by Crippen LogP contribution is -2.50. The molecule has 2 amide bonds. The molecule has 0 radical (unpaired) electrons. The Morgan fingerprint density at radius 1 is 1.23 bits per heavy atom. The van der Waals surface area contributed by atoms with Crippen LogP contribution in [-0.2, 0) is 10.2 Å². The summed E-state index contributed by atoms with van der Waals surface area (Å²) in [7, 11) is 3.68. The van der Waals surface area contributed by atoms with Crippen molar-refractivity contribution >= 4 is 46.8 Å². The maximum Gasteiger partial charge on any atom is 0.267 e. The first-order valence-corrected chi connectivity index (χ1v) is 14.8. The van der Waals surface area contributed by atoms with Gasteiger partial charge in [-0.05, 0) is 56.4 Å². The summed E-state index contributed by atoms with van der Waals surface area (Å²) in [6.45, 7) is 7.51. The average molecular weight is 606 g/mol. The van der Waals surface area contributed by atoms with E-state index in [0.717, 1.165) is 18.5 Å². The van der Waals surface area contributed by atoms with E-state index in [-0.39, 0.29) is 40.7 Å². The molecule has 4 aromatic heterocycles. The Kier molecular flexibility index (Phi) is 8.37. The van der Waals surface area contributed by atoms with Crippen LogP contribution in [0.4, 0.5) is 5.82 Å². The van der Waals surface area contributed by atoms with E-state index in [4.69, 9.17) is 15.7 Å². The molecule has 226 valence electrons. The molecule has 5 heterocycles. The van der Waals surface area contributed by atoms with Crippen molar-refractivity contribution in [3.05, 3.63) is 50.5 Å². The predicted octanol–water partition coefficient (Wildman–Crippen LogP) is 1.54. The van der Waals surface area contributed by atoms with Gasteiger partial charge in [-0.15, -0.1) is 21.5 Å². The van der Waals surface area contributed by atoms with Crippen LogP contribution in [0.15, 0.2) is 22.3 Å². The van der Waals surface area contributed by atoms with Gasteiger partial charge in [0.1, 0.15) is 16.5 Å².